The number of carbonyl (C=O) groups is 2. The van der Waals surface area contributed by atoms with Crippen LogP contribution in [0.25, 0.3) is 11.1 Å². The first-order valence-corrected chi connectivity index (χ1v) is 17.2. The predicted molar refractivity (Wildman–Crippen MR) is 183 cm³/mol. The molecular weight excluding hydrogens is 562 g/mol. The van der Waals surface area contributed by atoms with Crippen LogP contribution >= 0.6 is 0 Å². The summed E-state index contributed by atoms with van der Waals surface area (Å²) in [5, 5.41) is 6.23. The van der Waals surface area contributed by atoms with Crippen LogP contribution in [-0.2, 0) is 16.1 Å². The second-order valence-electron chi connectivity index (χ2n) is 13.9. The van der Waals surface area contributed by atoms with Gasteiger partial charge in [-0.3, -0.25) is 14.5 Å². The van der Waals surface area contributed by atoms with Crippen LogP contribution in [0.1, 0.15) is 74.4 Å². The molecule has 246 valence electrons. The number of rotatable bonds is 10. The van der Waals surface area contributed by atoms with E-state index in [2.05, 4.69) is 90.5 Å². The molecule has 3 unspecified atom stereocenters. The molecule has 2 aromatic carbocycles. The third kappa shape index (κ3) is 8.08. The molecule has 8 heteroatoms. The molecule has 5 rings (SSSR count). The molecule has 0 spiro atoms. The molecule has 2 N–H and O–H groups in total. The second-order valence-corrected chi connectivity index (χ2v) is 13.9. The van der Waals surface area contributed by atoms with Crippen LogP contribution in [0.2, 0.25) is 0 Å². The van der Waals surface area contributed by atoms with Crippen LogP contribution in [-0.4, -0.2) is 93.2 Å². The fourth-order valence-electron chi connectivity index (χ4n) is 7.71. The minimum absolute atomic E-state index is 0.0374. The topological polar surface area (TPSA) is 77.1 Å². The molecule has 0 radical (unpaired) electrons. The van der Waals surface area contributed by atoms with Crippen LogP contribution in [0.15, 0.2) is 36.4 Å². The smallest absolute Gasteiger partial charge is 0.251 e. The van der Waals surface area contributed by atoms with Gasteiger partial charge in [0.2, 0.25) is 5.91 Å². The Balaban J connectivity index is 1.42. The Morgan fingerprint density at radius 2 is 1.67 bits per heavy atom. The van der Waals surface area contributed by atoms with Crippen molar-refractivity contribution in [3.63, 3.8) is 0 Å². The summed E-state index contributed by atoms with van der Waals surface area (Å²) in [6, 6.07) is 14.4. The summed E-state index contributed by atoms with van der Waals surface area (Å²) in [5.41, 5.74) is 6.29. The van der Waals surface area contributed by atoms with E-state index in [4.69, 9.17) is 4.74 Å². The molecule has 0 bridgehead atoms. The van der Waals surface area contributed by atoms with Crippen LogP contribution in [0.3, 0.4) is 0 Å². The monoisotopic (exact) mass is 617 g/mol. The molecule has 0 aromatic heterocycles. The first-order chi connectivity index (χ1) is 21.6. The van der Waals surface area contributed by atoms with Gasteiger partial charge < -0.3 is 25.2 Å². The largest absolute Gasteiger partial charge is 0.379 e. The molecule has 2 heterocycles. The molecule has 2 saturated heterocycles. The van der Waals surface area contributed by atoms with Crippen molar-refractivity contribution in [3.05, 3.63) is 53.1 Å². The first-order valence-electron chi connectivity index (χ1n) is 17.2. The maximum absolute atomic E-state index is 13.9. The number of benzene rings is 2. The van der Waals surface area contributed by atoms with Crippen LogP contribution in [0.5, 0.6) is 0 Å². The minimum atomic E-state index is -0.217. The molecule has 1 saturated carbocycles. The zero-order valence-corrected chi connectivity index (χ0v) is 28.4. The van der Waals surface area contributed by atoms with Gasteiger partial charge in [-0.05, 0) is 107 Å². The number of amides is 2. The zero-order valence-electron chi connectivity index (χ0n) is 28.4. The Kier molecular flexibility index (Phi) is 11.2. The molecule has 2 amide bonds. The number of carbonyl (C=O) groups excluding carboxylic acids is 2. The predicted octanol–water partition coefficient (Wildman–Crippen LogP) is 5.08. The normalized spacial score (nSPS) is 26.0. The van der Waals surface area contributed by atoms with Gasteiger partial charge in [0.1, 0.15) is 0 Å². The van der Waals surface area contributed by atoms with Gasteiger partial charge >= 0.3 is 0 Å². The van der Waals surface area contributed by atoms with Crippen LogP contribution in [0, 0.1) is 18.8 Å². The van der Waals surface area contributed by atoms with E-state index in [0.717, 1.165) is 81.0 Å². The number of piperidine rings is 1. The first kappa shape index (κ1) is 33.4. The lowest BCUT2D eigenvalue weighted by atomic mass is 9.84. The SMILES string of the molecule is CCN(c1cc(-c2ccc(CN3CCOCC3)cc2)cc(C(=O)NCC2C(=O)NC(C)CC2C)c1C)C1CCC(N(C)C)CC1. The number of hydrogen-bond donors (Lipinski definition) is 2. The third-order valence-electron chi connectivity index (χ3n) is 10.5. The lowest BCUT2D eigenvalue weighted by Crippen LogP contribution is -2.50. The summed E-state index contributed by atoms with van der Waals surface area (Å²) in [7, 11) is 4.37. The summed E-state index contributed by atoms with van der Waals surface area (Å²) < 4.78 is 5.52. The molecule has 45 heavy (non-hydrogen) atoms. The molecule has 8 nitrogen and oxygen atoms in total. The van der Waals surface area contributed by atoms with E-state index in [1.54, 1.807) is 0 Å². The Morgan fingerprint density at radius 1 is 1.00 bits per heavy atom. The number of nitrogens with one attached hydrogen (secondary N) is 2. The van der Waals surface area contributed by atoms with Gasteiger partial charge in [-0.25, -0.2) is 0 Å². The highest BCUT2D eigenvalue weighted by molar-refractivity contribution is 5.99. The molecule has 3 fully saturated rings. The Bertz CT molecular complexity index is 1300. The average molecular weight is 618 g/mol. The molecule has 2 aliphatic heterocycles. The Hall–Kier alpha value is -2.94. The Morgan fingerprint density at radius 3 is 2.29 bits per heavy atom. The van der Waals surface area contributed by atoms with Crippen molar-refractivity contribution in [1.29, 1.82) is 0 Å². The highest BCUT2D eigenvalue weighted by Gasteiger charge is 2.33. The number of ether oxygens (including phenoxy) is 1. The van der Waals surface area contributed by atoms with E-state index < -0.39 is 0 Å². The van der Waals surface area contributed by atoms with Crippen molar-refractivity contribution in [1.82, 2.24) is 20.4 Å². The van der Waals surface area contributed by atoms with Crippen molar-refractivity contribution < 1.29 is 14.3 Å². The zero-order chi connectivity index (χ0) is 32.1. The van der Waals surface area contributed by atoms with Crippen molar-refractivity contribution in [2.24, 2.45) is 11.8 Å². The van der Waals surface area contributed by atoms with Crippen molar-refractivity contribution in [2.45, 2.75) is 84.5 Å². The number of hydrogen-bond acceptors (Lipinski definition) is 6. The summed E-state index contributed by atoms with van der Waals surface area (Å²) in [6.45, 7) is 14.1. The van der Waals surface area contributed by atoms with E-state index in [9.17, 15) is 9.59 Å². The molecule has 1 aliphatic carbocycles. The fourth-order valence-corrected chi connectivity index (χ4v) is 7.71. The second kappa shape index (κ2) is 15.1. The Labute approximate surface area is 270 Å². The fraction of sp³-hybridized carbons (Fsp3) is 0.622. The summed E-state index contributed by atoms with van der Waals surface area (Å²) >= 11 is 0. The highest BCUT2D eigenvalue weighted by atomic mass is 16.5. The van der Waals surface area contributed by atoms with Gasteiger partial charge in [0, 0.05) is 62.1 Å². The summed E-state index contributed by atoms with van der Waals surface area (Å²) in [6.07, 6.45) is 5.58. The van der Waals surface area contributed by atoms with Crippen LogP contribution < -0.4 is 15.5 Å². The van der Waals surface area contributed by atoms with Gasteiger partial charge in [-0.1, -0.05) is 31.2 Å². The molecule has 3 aliphatic rings. The standard InChI is InChI=1S/C37H55N5O3/c1-7-42(32-14-12-31(13-15-32)40(5)6)35-22-30(29-10-8-28(9-11-29)24-41-16-18-45-19-17-41)21-33(27(35)4)36(43)38-23-34-25(2)20-26(3)39-37(34)44/h8-11,21-22,25-26,31-32,34H,7,12-20,23-24H2,1-6H3,(H,38,43)(H,39,44). The van der Waals surface area contributed by atoms with Crippen molar-refractivity contribution in [2.75, 3.05) is 58.4 Å². The van der Waals surface area contributed by atoms with Crippen LogP contribution in [0.4, 0.5) is 5.69 Å². The van der Waals surface area contributed by atoms with Crippen molar-refractivity contribution in [3.8, 4) is 11.1 Å². The lowest BCUT2D eigenvalue weighted by Gasteiger charge is -2.40. The number of anilines is 1. The van der Waals surface area contributed by atoms with E-state index in [0.29, 0.717) is 24.2 Å². The maximum Gasteiger partial charge on any atom is 0.251 e. The van der Waals surface area contributed by atoms with Gasteiger partial charge in [0.05, 0.1) is 19.1 Å². The average Bonchev–Trinajstić information content (AvgIpc) is 3.02. The molecular formula is C37H55N5O3. The van der Waals surface area contributed by atoms with E-state index in [1.165, 1.54) is 18.4 Å². The van der Waals surface area contributed by atoms with Gasteiger partial charge in [-0.2, -0.15) is 0 Å². The third-order valence-corrected chi connectivity index (χ3v) is 10.5. The van der Waals surface area contributed by atoms with Gasteiger partial charge in [0.25, 0.3) is 5.91 Å². The maximum atomic E-state index is 13.9. The summed E-state index contributed by atoms with van der Waals surface area (Å²) in [5.74, 6) is -0.0621. The molecule has 3 atom stereocenters. The minimum Gasteiger partial charge on any atom is -0.379 e. The number of nitrogens with zero attached hydrogens (tertiary/aromatic N) is 3. The quantitative estimate of drug-likeness (QED) is 0.387. The molecule has 2 aromatic rings. The highest BCUT2D eigenvalue weighted by Crippen LogP contribution is 2.36. The van der Waals surface area contributed by atoms with Crippen molar-refractivity contribution >= 4 is 17.5 Å². The van der Waals surface area contributed by atoms with E-state index >= 15 is 0 Å². The van der Waals surface area contributed by atoms with E-state index in [-0.39, 0.29) is 29.7 Å². The van der Waals surface area contributed by atoms with E-state index in [1.807, 2.05) is 13.0 Å². The lowest BCUT2D eigenvalue weighted by molar-refractivity contribution is -0.129. The van der Waals surface area contributed by atoms with Gasteiger partial charge in [-0.15, -0.1) is 0 Å². The number of morpholine rings is 1. The van der Waals surface area contributed by atoms with Gasteiger partial charge in [0.15, 0.2) is 0 Å². The summed E-state index contributed by atoms with van der Waals surface area (Å²) in [4.78, 5) is 34.0.